The van der Waals surface area contributed by atoms with E-state index in [1.807, 2.05) is 13.8 Å². The Morgan fingerprint density at radius 1 is 1.12 bits per heavy atom. The van der Waals surface area contributed by atoms with Crippen molar-refractivity contribution in [2.45, 2.75) is 27.7 Å². The number of carbonyl (C=O) groups is 1. The van der Waals surface area contributed by atoms with Crippen LogP contribution in [0.4, 0.5) is 0 Å². The van der Waals surface area contributed by atoms with Crippen LogP contribution in [-0.4, -0.2) is 10.9 Å². The molecule has 17 heavy (non-hydrogen) atoms. The van der Waals surface area contributed by atoms with Crippen LogP contribution < -0.4 is 0 Å². The number of benzene rings is 1. The van der Waals surface area contributed by atoms with E-state index in [9.17, 15) is 4.79 Å². The highest BCUT2D eigenvalue weighted by molar-refractivity contribution is 5.93. The van der Waals surface area contributed by atoms with Gasteiger partial charge in [0.25, 0.3) is 0 Å². The van der Waals surface area contributed by atoms with Crippen molar-refractivity contribution in [3.8, 4) is 11.3 Å². The highest BCUT2D eigenvalue weighted by Gasteiger charge is 2.14. The van der Waals surface area contributed by atoms with Gasteiger partial charge in [-0.05, 0) is 31.9 Å². The highest BCUT2D eigenvalue weighted by Crippen LogP contribution is 2.28. The first-order valence-corrected chi connectivity index (χ1v) is 5.55. The molecule has 0 bridgehead atoms. The molecule has 1 aromatic carbocycles. The van der Waals surface area contributed by atoms with Crippen molar-refractivity contribution < 1.29 is 9.32 Å². The number of carbonyl (C=O) groups excluding carboxylic acids is 1. The molecule has 0 saturated heterocycles. The molecular formula is C14H15NO2. The van der Waals surface area contributed by atoms with Crippen LogP contribution in [0.2, 0.25) is 0 Å². The zero-order valence-corrected chi connectivity index (χ0v) is 10.5. The topological polar surface area (TPSA) is 43.1 Å². The highest BCUT2D eigenvalue weighted by atomic mass is 16.5. The minimum atomic E-state index is -0.0811. The summed E-state index contributed by atoms with van der Waals surface area (Å²) in [5, 5.41) is 3.77. The number of aromatic nitrogens is 1. The van der Waals surface area contributed by atoms with Crippen molar-refractivity contribution in [1.82, 2.24) is 5.16 Å². The van der Waals surface area contributed by atoms with Crippen molar-refractivity contribution in [1.29, 1.82) is 0 Å². The van der Waals surface area contributed by atoms with E-state index in [4.69, 9.17) is 4.52 Å². The van der Waals surface area contributed by atoms with Gasteiger partial charge in [0, 0.05) is 18.6 Å². The predicted molar refractivity (Wildman–Crippen MR) is 66.2 cm³/mol. The second-order valence-corrected chi connectivity index (χ2v) is 4.41. The van der Waals surface area contributed by atoms with Crippen molar-refractivity contribution in [3.63, 3.8) is 0 Å². The minimum absolute atomic E-state index is 0.0811. The molecule has 0 saturated carbocycles. The second-order valence-electron chi connectivity index (χ2n) is 4.41. The van der Waals surface area contributed by atoms with Crippen molar-refractivity contribution in [3.05, 3.63) is 40.6 Å². The summed E-state index contributed by atoms with van der Waals surface area (Å²) in [6, 6.07) is 5.89. The summed E-state index contributed by atoms with van der Waals surface area (Å²) in [5.41, 5.74) is 4.88. The molecule has 0 radical (unpaired) electrons. The Hall–Kier alpha value is -1.90. The van der Waals surface area contributed by atoms with E-state index in [1.54, 1.807) is 6.07 Å². The molecule has 1 heterocycles. The molecular weight excluding hydrogens is 214 g/mol. The van der Waals surface area contributed by atoms with Crippen LogP contribution in [0, 0.1) is 20.8 Å². The molecule has 0 aliphatic heterocycles. The maximum Gasteiger partial charge on any atom is 0.181 e. The standard InChI is InChI=1S/C14H15NO2/c1-8-5-9(2)14(10(3)6-8)13-7-12(11(4)16)15-17-13/h5-7H,1-4H3. The van der Waals surface area contributed by atoms with Crippen LogP contribution in [0.3, 0.4) is 0 Å². The SMILES string of the molecule is CC(=O)c1cc(-c2c(C)cc(C)cc2C)on1. The molecule has 0 aliphatic rings. The molecule has 0 spiro atoms. The van der Waals surface area contributed by atoms with Gasteiger partial charge in [-0.15, -0.1) is 0 Å². The number of nitrogens with zero attached hydrogens (tertiary/aromatic N) is 1. The maximum atomic E-state index is 11.2. The largest absolute Gasteiger partial charge is 0.356 e. The van der Waals surface area contributed by atoms with Gasteiger partial charge in [-0.2, -0.15) is 0 Å². The Morgan fingerprint density at radius 3 is 2.18 bits per heavy atom. The quantitative estimate of drug-likeness (QED) is 0.740. The van der Waals surface area contributed by atoms with Gasteiger partial charge in [-0.1, -0.05) is 22.9 Å². The lowest BCUT2D eigenvalue weighted by Gasteiger charge is -2.07. The Kier molecular flexibility index (Phi) is 2.84. The smallest absolute Gasteiger partial charge is 0.181 e. The van der Waals surface area contributed by atoms with E-state index < -0.39 is 0 Å². The molecule has 0 aliphatic carbocycles. The molecule has 0 fully saturated rings. The van der Waals surface area contributed by atoms with Crippen LogP contribution >= 0.6 is 0 Å². The number of Topliss-reactive ketones (excluding diaryl/α,β-unsaturated/α-hetero) is 1. The normalized spacial score (nSPS) is 10.6. The van der Waals surface area contributed by atoms with E-state index in [-0.39, 0.29) is 5.78 Å². The number of ketones is 1. The van der Waals surface area contributed by atoms with E-state index >= 15 is 0 Å². The number of hydrogen-bond acceptors (Lipinski definition) is 3. The first kappa shape index (κ1) is 11.6. The summed E-state index contributed by atoms with van der Waals surface area (Å²) in [4.78, 5) is 11.2. The summed E-state index contributed by atoms with van der Waals surface area (Å²) >= 11 is 0. The Balaban J connectivity index is 2.56. The molecule has 0 amide bonds. The third-order valence-corrected chi connectivity index (χ3v) is 2.79. The van der Waals surface area contributed by atoms with Gasteiger partial charge in [0.2, 0.25) is 0 Å². The van der Waals surface area contributed by atoms with Crippen LogP contribution in [0.25, 0.3) is 11.3 Å². The predicted octanol–water partition coefficient (Wildman–Crippen LogP) is 3.47. The zero-order valence-electron chi connectivity index (χ0n) is 10.5. The first-order chi connectivity index (χ1) is 7.99. The van der Waals surface area contributed by atoms with Crippen molar-refractivity contribution >= 4 is 5.78 Å². The van der Waals surface area contributed by atoms with E-state index in [0.717, 1.165) is 16.7 Å². The van der Waals surface area contributed by atoms with E-state index in [0.29, 0.717) is 11.5 Å². The average molecular weight is 229 g/mol. The van der Waals surface area contributed by atoms with Gasteiger partial charge in [0.15, 0.2) is 11.5 Å². The molecule has 3 heteroatoms. The lowest BCUT2D eigenvalue weighted by Crippen LogP contribution is -1.90. The first-order valence-electron chi connectivity index (χ1n) is 5.55. The van der Waals surface area contributed by atoms with Crippen LogP contribution in [-0.2, 0) is 0 Å². The number of hydrogen-bond donors (Lipinski definition) is 0. The fourth-order valence-corrected chi connectivity index (χ4v) is 2.13. The summed E-state index contributed by atoms with van der Waals surface area (Å²) < 4.78 is 5.24. The third kappa shape index (κ3) is 2.13. The Bertz CT molecular complexity index is 559. The fraction of sp³-hybridized carbons (Fsp3) is 0.286. The molecule has 2 aromatic rings. The summed E-state index contributed by atoms with van der Waals surface area (Å²) in [6.45, 7) is 7.61. The summed E-state index contributed by atoms with van der Waals surface area (Å²) in [7, 11) is 0. The van der Waals surface area contributed by atoms with Crippen molar-refractivity contribution in [2.75, 3.05) is 0 Å². The van der Waals surface area contributed by atoms with Gasteiger partial charge in [-0.25, -0.2) is 0 Å². The lowest BCUT2D eigenvalue weighted by molar-refractivity contribution is 0.100. The average Bonchev–Trinajstić information content (AvgIpc) is 2.65. The monoisotopic (exact) mass is 229 g/mol. The van der Waals surface area contributed by atoms with Crippen LogP contribution in [0.15, 0.2) is 22.7 Å². The Morgan fingerprint density at radius 2 is 1.71 bits per heavy atom. The van der Waals surface area contributed by atoms with Crippen molar-refractivity contribution in [2.24, 2.45) is 0 Å². The molecule has 0 unspecified atom stereocenters. The van der Waals surface area contributed by atoms with Gasteiger partial charge in [0.05, 0.1) is 0 Å². The van der Waals surface area contributed by atoms with Gasteiger partial charge >= 0.3 is 0 Å². The third-order valence-electron chi connectivity index (χ3n) is 2.79. The minimum Gasteiger partial charge on any atom is -0.356 e. The second kappa shape index (κ2) is 4.17. The van der Waals surface area contributed by atoms with E-state index in [1.165, 1.54) is 12.5 Å². The Labute approximate surface area is 100 Å². The summed E-state index contributed by atoms with van der Waals surface area (Å²) in [5.74, 6) is 0.576. The summed E-state index contributed by atoms with van der Waals surface area (Å²) in [6.07, 6.45) is 0. The maximum absolute atomic E-state index is 11.2. The van der Waals surface area contributed by atoms with Crippen LogP contribution in [0.5, 0.6) is 0 Å². The molecule has 3 nitrogen and oxygen atoms in total. The van der Waals surface area contributed by atoms with Gasteiger partial charge in [0.1, 0.15) is 5.69 Å². The van der Waals surface area contributed by atoms with Gasteiger partial charge in [-0.3, -0.25) is 4.79 Å². The molecule has 88 valence electrons. The fourth-order valence-electron chi connectivity index (χ4n) is 2.13. The zero-order chi connectivity index (χ0) is 12.6. The van der Waals surface area contributed by atoms with E-state index in [2.05, 4.69) is 24.2 Å². The lowest BCUT2D eigenvalue weighted by atomic mass is 9.98. The molecule has 0 N–H and O–H groups in total. The molecule has 1 aromatic heterocycles. The van der Waals surface area contributed by atoms with Gasteiger partial charge < -0.3 is 4.52 Å². The number of rotatable bonds is 2. The molecule has 0 atom stereocenters. The number of aryl methyl sites for hydroxylation is 3. The van der Waals surface area contributed by atoms with Crippen LogP contribution in [0.1, 0.15) is 34.1 Å². The molecule has 2 rings (SSSR count).